The molecule has 5 aliphatic heterocycles. The highest BCUT2D eigenvalue weighted by molar-refractivity contribution is 5.89. The van der Waals surface area contributed by atoms with Crippen molar-refractivity contribution in [3.63, 3.8) is 0 Å². The minimum Gasteiger partial charge on any atom is -0.463 e. The van der Waals surface area contributed by atoms with Crippen LogP contribution in [-0.4, -0.2) is 257 Å². The Hall–Kier alpha value is -8.56. The molecule has 0 spiro atoms. The zero-order valence-corrected chi connectivity index (χ0v) is 58.1. The van der Waals surface area contributed by atoms with Gasteiger partial charge in [0, 0.05) is 90.0 Å². The van der Waals surface area contributed by atoms with E-state index in [1.54, 1.807) is 6.07 Å². The molecule has 0 bridgehead atoms. The topological polar surface area (TPSA) is 454 Å². The van der Waals surface area contributed by atoms with Gasteiger partial charge >= 0.3 is 77.6 Å². The first-order valence-corrected chi connectivity index (χ1v) is 31.8. The number of rotatable bonds is 26. The van der Waals surface area contributed by atoms with Crippen LogP contribution < -0.4 is 5.32 Å². The van der Waals surface area contributed by atoms with Gasteiger partial charge in [0.1, 0.15) is 62.5 Å². The fourth-order valence-corrected chi connectivity index (χ4v) is 11.8. The molecule has 1 aromatic rings. The predicted molar refractivity (Wildman–Crippen MR) is 323 cm³/mol. The van der Waals surface area contributed by atoms with Gasteiger partial charge in [0.2, 0.25) is 5.91 Å². The van der Waals surface area contributed by atoms with E-state index in [1.165, 1.54) is 45.0 Å². The minimum atomic E-state index is -2.33. The summed E-state index contributed by atoms with van der Waals surface area (Å²) < 4.78 is 134. The Balaban J connectivity index is 1.69. The molecule has 1 aromatic carbocycles. The number of hydrogen-bond donors (Lipinski definition) is 1. The highest BCUT2D eigenvalue weighted by atomic mass is 16.8. The second-order valence-electron chi connectivity index (χ2n) is 23.8. The summed E-state index contributed by atoms with van der Waals surface area (Å²) in [5.74, 6) is -14.0. The van der Waals surface area contributed by atoms with Gasteiger partial charge in [-0.05, 0) is 32.9 Å². The fraction of sp³-hybridized carbons (Fsp3) is 0.688. The van der Waals surface area contributed by atoms with E-state index in [9.17, 15) is 67.1 Å². The first-order valence-electron chi connectivity index (χ1n) is 31.8. The van der Waals surface area contributed by atoms with Gasteiger partial charge in [-0.15, -0.1) is 0 Å². The Kier molecular flexibility index (Phi) is 29.7. The lowest BCUT2D eigenvalue weighted by molar-refractivity contribution is -0.396. The maximum Gasteiger partial charge on any atom is 0.338 e. The maximum absolute atomic E-state index is 14.2. The minimum absolute atomic E-state index is 0.00389. The van der Waals surface area contributed by atoms with Crippen LogP contribution in [0.1, 0.15) is 121 Å². The largest absolute Gasteiger partial charge is 0.463 e. The highest BCUT2D eigenvalue weighted by Gasteiger charge is 2.62. The molecule has 10 unspecified atom stereocenters. The van der Waals surface area contributed by atoms with Crippen molar-refractivity contribution in [1.29, 1.82) is 0 Å². The highest BCUT2D eigenvalue weighted by Crippen LogP contribution is 2.41. The molecule has 6 rings (SSSR count). The zero-order chi connectivity index (χ0) is 75.0. The summed E-state index contributed by atoms with van der Waals surface area (Å²) in [5, 5.41) is 2.67. The van der Waals surface area contributed by atoms with Crippen LogP contribution in [0, 0.1) is 0 Å². The molecule has 37 nitrogen and oxygen atoms in total. The summed E-state index contributed by atoms with van der Waals surface area (Å²) in [5.41, 5.74) is -0.00389. The molecule has 5 saturated heterocycles. The van der Waals surface area contributed by atoms with Gasteiger partial charge in [0.05, 0.1) is 23.9 Å². The SMILES string of the molecule is CC(=O)NC1[C@H](OC2[C@@H](OC(C)=O)C(COC(C)=O)O[C@@H](C)[C@H]2OC(=O)c2ccccc2)OC(COC(C)=O)[C@@H](O[C@@H]2OC(COC(C)=O)[C@H](OC(C)=O)C(OC(C)=O)[C@@H]2O[C@@H]2OC(C)[C@@H](OC(C)=O)C(OC(C)=O)[C@@H]2OC(C)=O)[C@@H]1O[C@@H]1OC(C)[C@@H](OC(C)=O)[C@@H](OC(C)=O)C1OC(C)=O. The van der Waals surface area contributed by atoms with Gasteiger partial charge in [-0.25, -0.2) is 4.79 Å². The van der Waals surface area contributed by atoms with Crippen LogP contribution in [0.5, 0.6) is 0 Å². The van der Waals surface area contributed by atoms with Gasteiger partial charge in [0.25, 0.3) is 0 Å². The monoisotopic (exact) mass is 1440 g/mol. The molecule has 5 heterocycles. The van der Waals surface area contributed by atoms with E-state index in [0.717, 1.165) is 90.0 Å². The second-order valence-corrected chi connectivity index (χ2v) is 23.8. The van der Waals surface area contributed by atoms with Crippen LogP contribution in [0.25, 0.3) is 0 Å². The summed E-state index contributed by atoms with van der Waals surface area (Å²) in [6, 6.07) is 5.47. The molecule has 0 aromatic heterocycles. The van der Waals surface area contributed by atoms with Crippen LogP contribution in [0.2, 0.25) is 0 Å². The number of nitrogens with one attached hydrogen (secondary N) is 1. The van der Waals surface area contributed by atoms with Gasteiger partial charge in [-0.2, -0.15) is 0 Å². The molecule has 37 heteroatoms. The molecule has 1 amide bonds. The summed E-state index contributed by atoms with van der Waals surface area (Å²) >= 11 is 0. The van der Waals surface area contributed by atoms with E-state index >= 15 is 0 Å². The lowest BCUT2D eigenvalue weighted by Gasteiger charge is -2.53. The lowest BCUT2D eigenvalue weighted by atomic mass is 9.92. The zero-order valence-electron chi connectivity index (χ0n) is 58.1. The Morgan fingerprint density at radius 2 is 0.594 bits per heavy atom. The molecular weight excluding hydrogens is 1360 g/mol. The summed E-state index contributed by atoms with van der Waals surface area (Å²) in [6.45, 7) is 14.4. The number of esters is 13. The molecule has 0 saturated carbocycles. The molecular formula is C64H85NO36. The van der Waals surface area contributed by atoms with Crippen LogP contribution in [0.15, 0.2) is 30.3 Å². The maximum atomic E-state index is 14.2. The molecule has 5 fully saturated rings. The molecule has 562 valence electrons. The number of carbonyl (C=O) groups excluding carboxylic acids is 14. The van der Waals surface area contributed by atoms with Crippen molar-refractivity contribution in [1.82, 2.24) is 5.32 Å². The van der Waals surface area contributed by atoms with Crippen molar-refractivity contribution < 1.29 is 171 Å². The van der Waals surface area contributed by atoms with Gasteiger partial charge in [-0.1, -0.05) is 18.2 Å². The van der Waals surface area contributed by atoms with E-state index in [-0.39, 0.29) is 5.56 Å². The van der Waals surface area contributed by atoms with E-state index in [4.69, 9.17) is 104 Å². The summed E-state index contributed by atoms with van der Waals surface area (Å²) in [6.07, 6.45) is -44.6. The van der Waals surface area contributed by atoms with Crippen LogP contribution in [0.4, 0.5) is 0 Å². The second kappa shape index (κ2) is 36.9. The normalized spacial score (nSPS) is 33.7. The third-order valence-corrected chi connectivity index (χ3v) is 15.4. The van der Waals surface area contributed by atoms with Gasteiger partial charge in [-0.3, -0.25) is 62.3 Å². The van der Waals surface area contributed by atoms with E-state index in [1.807, 2.05) is 0 Å². The number of ether oxygens (including phenoxy) is 22. The third-order valence-electron chi connectivity index (χ3n) is 15.4. The van der Waals surface area contributed by atoms with Crippen LogP contribution in [-0.2, 0) is 167 Å². The van der Waals surface area contributed by atoms with E-state index in [2.05, 4.69) is 5.32 Å². The van der Waals surface area contributed by atoms with Crippen molar-refractivity contribution in [3.8, 4) is 0 Å². The van der Waals surface area contributed by atoms with E-state index in [0.29, 0.717) is 0 Å². The van der Waals surface area contributed by atoms with Crippen LogP contribution in [0.3, 0.4) is 0 Å². The number of amides is 1. The van der Waals surface area contributed by atoms with E-state index < -0.39 is 257 Å². The first kappa shape index (κ1) is 81.4. The molecule has 5 aliphatic rings. The van der Waals surface area contributed by atoms with Crippen molar-refractivity contribution in [2.75, 3.05) is 19.8 Å². The van der Waals surface area contributed by atoms with Crippen molar-refractivity contribution in [3.05, 3.63) is 35.9 Å². The predicted octanol–water partition coefficient (Wildman–Crippen LogP) is 0.0588. The quantitative estimate of drug-likeness (QED) is 0.0946. The molecule has 101 heavy (non-hydrogen) atoms. The number of hydrogen-bond acceptors (Lipinski definition) is 36. The smallest absolute Gasteiger partial charge is 0.338 e. The third kappa shape index (κ3) is 23.0. The average Bonchev–Trinajstić information content (AvgIpc) is 0.756. The molecule has 1 N–H and O–H groups in total. The number of benzene rings is 1. The Morgan fingerprint density at radius 1 is 0.297 bits per heavy atom. The molecule has 0 aliphatic carbocycles. The average molecular weight is 1440 g/mol. The van der Waals surface area contributed by atoms with Crippen LogP contribution >= 0.6 is 0 Å². The van der Waals surface area contributed by atoms with Gasteiger partial charge < -0.3 is 110 Å². The Morgan fingerprint density at radius 3 is 1.00 bits per heavy atom. The Bertz CT molecular complexity index is 3140. The Labute approximate surface area is 578 Å². The molecule has 0 radical (unpaired) electrons. The van der Waals surface area contributed by atoms with Crippen molar-refractivity contribution >= 4 is 83.5 Å². The van der Waals surface area contributed by atoms with Crippen molar-refractivity contribution in [2.45, 2.75) is 264 Å². The first-order chi connectivity index (χ1) is 47.4. The summed E-state index contributed by atoms with van der Waals surface area (Å²) in [7, 11) is 0. The van der Waals surface area contributed by atoms with Gasteiger partial charge in [0.15, 0.2) is 92.3 Å². The number of carbonyl (C=O) groups is 14. The standard InChI is InChI=1S/C64H85NO36/c1-25-48(97-60(79)41-20-18-17-19-21-41)53(50(88-34(10)72)42(83-25)22-80-29(5)67)100-61-45(65-28(4)66)52(99-62-57(93-39(15)77)54(90-36(12)74)46(26(2)84-62)86-32(8)70)49(43(95-61)23-81-30(6)68)98-64-59(56(92-38(14)76)51(89-35(11)73)44(96-64)24-82-31(7)69)101-63-58(94-40(16)78)55(91-37(13)75)47(27(3)85-63)87-33(9)71/h17-21,25-27,42-59,61-64H,22-24H2,1-16H3,(H,65,66)/t25-,26?,27?,42?,43?,44?,45?,46+,47+,48+,49+,50-,51-,52+,53?,54+,55?,56?,57?,58-,59-,61-,62-,63-,64-/m0/s1. The molecule has 25 atom stereocenters. The summed E-state index contributed by atoms with van der Waals surface area (Å²) in [4.78, 5) is 185. The fourth-order valence-electron chi connectivity index (χ4n) is 11.8. The van der Waals surface area contributed by atoms with Crippen molar-refractivity contribution in [2.24, 2.45) is 0 Å². The lowest BCUT2D eigenvalue weighted by Crippen LogP contribution is -2.72.